The zero-order chi connectivity index (χ0) is 7.68. The number of nitrogens with zero attached hydrogens (tertiary/aromatic N) is 4. The molecule has 5 heteroatoms. The van der Waals surface area contributed by atoms with Crippen LogP contribution in [0.4, 0.5) is 0 Å². The fourth-order valence-electron chi connectivity index (χ4n) is 0.789. The predicted octanol–water partition coefficient (Wildman–Crippen LogP) is 0.470. The lowest BCUT2D eigenvalue weighted by molar-refractivity contribution is 0.575. The Kier molecular flexibility index (Phi) is 1.21. The number of aromatic nitrogens is 4. The van der Waals surface area contributed by atoms with Gasteiger partial charge in [0.15, 0.2) is 5.76 Å². The highest BCUT2D eigenvalue weighted by atomic mass is 16.3. The Bertz CT molecular complexity index is 337. The molecular formula is C6H6N4O. The van der Waals surface area contributed by atoms with Crippen LogP contribution in [0.1, 0.15) is 0 Å². The fourth-order valence-corrected chi connectivity index (χ4v) is 0.789. The third-order valence-electron chi connectivity index (χ3n) is 1.25. The lowest BCUT2D eigenvalue weighted by Crippen LogP contribution is -1.91. The molecule has 56 valence electrons. The lowest BCUT2D eigenvalue weighted by atomic mass is 10.4. The van der Waals surface area contributed by atoms with Crippen molar-refractivity contribution in [3.8, 4) is 11.6 Å². The molecule has 2 aromatic heterocycles. The largest absolute Gasteiger partial charge is 0.461 e. The summed E-state index contributed by atoms with van der Waals surface area (Å²) in [6.45, 7) is 0. The summed E-state index contributed by atoms with van der Waals surface area (Å²) in [7, 11) is 1.71. The van der Waals surface area contributed by atoms with E-state index in [9.17, 15) is 0 Å². The Morgan fingerprint density at radius 3 is 3.00 bits per heavy atom. The molecule has 0 saturated heterocycles. The molecule has 0 radical (unpaired) electrons. The topological polar surface area (TPSA) is 56.7 Å². The molecule has 0 N–H and O–H groups in total. The first-order valence-electron chi connectivity index (χ1n) is 3.14. The summed E-state index contributed by atoms with van der Waals surface area (Å²) in [5.74, 6) is 1.15. The molecule has 0 unspecified atom stereocenters. The molecule has 0 fully saturated rings. The number of rotatable bonds is 1. The van der Waals surface area contributed by atoms with Crippen LogP contribution in [-0.4, -0.2) is 20.2 Å². The van der Waals surface area contributed by atoms with Crippen molar-refractivity contribution >= 4 is 0 Å². The fraction of sp³-hybridized carbons (Fsp3) is 0.167. The second kappa shape index (κ2) is 2.19. The summed E-state index contributed by atoms with van der Waals surface area (Å²) in [6, 6.07) is 3.57. The van der Waals surface area contributed by atoms with E-state index < -0.39 is 0 Å². The van der Waals surface area contributed by atoms with Gasteiger partial charge in [0.2, 0.25) is 5.82 Å². The number of aryl methyl sites for hydroxylation is 1. The minimum absolute atomic E-state index is 0.512. The number of hydrogen-bond acceptors (Lipinski definition) is 4. The van der Waals surface area contributed by atoms with Crippen molar-refractivity contribution in [2.24, 2.45) is 7.05 Å². The maximum atomic E-state index is 5.05. The minimum Gasteiger partial charge on any atom is -0.461 e. The molecule has 11 heavy (non-hydrogen) atoms. The van der Waals surface area contributed by atoms with Crippen LogP contribution in [0.5, 0.6) is 0 Å². The van der Waals surface area contributed by atoms with Gasteiger partial charge in [-0.15, -0.1) is 10.2 Å². The Labute approximate surface area is 62.6 Å². The zero-order valence-corrected chi connectivity index (χ0v) is 5.93. The molecule has 2 rings (SSSR count). The Balaban J connectivity index is 2.45. The van der Waals surface area contributed by atoms with E-state index in [2.05, 4.69) is 15.4 Å². The van der Waals surface area contributed by atoms with Gasteiger partial charge in [0.05, 0.1) is 13.3 Å². The molecule has 0 spiro atoms. The van der Waals surface area contributed by atoms with Gasteiger partial charge in [0, 0.05) is 0 Å². The van der Waals surface area contributed by atoms with Crippen LogP contribution in [0, 0.1) is 0 Å². The first-order chi connectivity index (χ1) is 5.36. The lowest BCUT2D eigenvalue weighted by Gasteiger charge is -1.82. The van der Waals surface area contributed by atoms with Gasteiger partial charge >= 0.3 is 0 Å². The maximum Gasteiger partial charge on any atom is 0.240 e. The van der Waals surface area contributed by atoms with Gasteiger partial charge in [-0.25, -0.2) is 0 Å². The third kappa shape index (κ3) is 1.000. The van der Waals surface area contributed by atoms with Crippen LogP contribution < -0.4 is 0 Å². The Morgan fingerprint density at radius 2 is 2.45 bits per heavy atom. The Morgan fingerprint density at radius 1 is 1.55 bits per heavy atom. The van der Waals surface area contributed by atoms with Crippen LogP contribution in [0.15, 0.2) is 22.8 Å². The van der Waals surface area contributed by atoms with Crippen molar-refractivity contribution in [2.75, 3.05) is 0 Å². The number of tetrazole rings is 1. The molecule has 0 aromatic carbocycles. The van der Waals surface area contributed by atoms with Gasteiger partial charge in [-0.05, 0) is 17.3 Å². The molecule has 0 aliphatic rings. The molecular weight excluding hydrogens is 144 g/mol. The molecule has 0 bridgehead atoms. The normalized spacial score (nSPS) is 10.3. The summed E-state index contributed by atoms with van der Waals surface area (Å²) in [4.78, 5) is 1.39. The van der Waals surface area contributed by atoms with Gasteiger partial charge < -0.3 is 4.42 Å². The van der Waals surface area contributed by atoms with Gasteiger partial charge in [-0.2, -0.15) is 4.80 Å². The summed E-state index contributed by atoms with van der Waals surface area (Å²) in [5.41, 5.74) is 0. The van der Waals surface area contributed by atoms with Crippen molar-refractivity contribution in [2.45, 2.75) is 0 Å². The van der Waals surface area contributed by atoms with Gasteiger partial charge in [0.1, 0.15) is 0 Å². The van der Waals surface area contributed by atoms with Crippen molar-refractivity contribution in [1.29, 1.82) is 0 Å². The molecule has 2 heterocycles. The quantitative estimate of drug-likeness (QED) is 0.593. The van der Waals surface area contributed by atoms with E-state index in [1.54, 1.807) is 25.4 Å². The van der Waals surface area contributed by atoms with Crippen molar-refractivity contribution in [1.82, 2.24) is 20.2 Å². The van der Waals surface area contributed by atoms with Gasteiger partial charge in [-0.3, -0.25) is 0 Å². The standard InChI is InChI=1S/C6H6N4O/c1-10-8-6(7-9-10)5-3-2-4-11-5/h2-4H,1H3. The summed E-state index contributed by atoms with van der Waals surface area (Å²) in [5, 5.41) is 11.4. The van der Waals surface area contributed by atoms with E-state index in [1.807, 2.05) is 0 Å². The summed E-state index contributed by atoms with van der Waals surface area (Å²) >= 11 is 0. The van der Waals surface area contributed by atoms with E-state index in [0.29, 0.717) is 11.6 Å². The molecule has 0 amide bonds. The van der Waals surface area contributed by atoms with Crippen LogP contribution in [0.3, 0.4) is 0 Å². The molecule has 0 saturated carbocycles. The highest BCUT2D eigenvalue weighted by Gasteiger charge is 2.05. The monoisotopic (exact) mass is 150 g/mol. The van der Waals surface area contributed by atoms with E-state index >= 15 is 0 Å². The van der Waals surface area contributed by atoms with E-state index in [1.165, 1.54) is 4.80 Å². The predicted molar refractivity (Wildman–Crippen MR) is 36.5 cm³/mol. The number of hydrogen-bond donors (Lipinski definition) is 0. The molecule has 5 nitrogen and oxygen atoms in total. The average molecular weight is 150 g/mol. The molecule has 0 aliphatic carbocycles. The highest BCUT2D eigenvalue weighted by molar-refractivity contribution is 5.43. The highest BCUT2D eigenvalue weighted by Crippen LogP contribution is 2.12. The average Bonchev–Trinajstić information content (AvgIpc) is 2.55. The van der Waals surface area contributed by atoms with E-state index in [-0.39, 0.29) is 0 Å². The molecule has 2 aromatic rings. The van der Waals surface area contributed by atoms with Crippen molar-refractivity contribution in [3.05, 3.63) is 18.4 Å². The van der Waals surface area contributed by atoms with Crippen LogP contribution in [0.25, 0.3) is 11.6 Å². The first-order valence-corrected chi connectivity index (χ1v) is 3.14. The number of furan rings is 1. The first kappa shape index (κ1) is 6.09. The second-order valence-electron chi connectivity index (χ2n) is 2.08. The molecule has 0 aliphatic heterocycles. The van der Waals surface area contributed by atoms with Crippen molar-refractivity contribution < 1.29 is 4.42 Å². The smallest absolute Gasteiger partial charge is 0.240 e. The van der Waals surface area contributed by atoms with Gasteiger partial charge in [-0.1, -0.05) is 0 Å². The van der Waals surface area contributed by atoms with Crippen LogP contribution >= 0.6 is 0 Å². The van der Waals surface area contributed by atoms with Crippen LogP contribution in [-0.2, 0) is 7.05 Å². The van der Waals surface area contributed by atoms with E-state index in [0.717, 1.165) is 0 Å². The molecule has 0 atom stereocenters. The van der Waals surface area contributed by atoms with Crippen molar-refractivity contribution in [3.63, 3.8) is 0 Å². The zero-order valence-electron chi connectivity index (χ0n) is 5.93. The summed E-state index contributed by atoms with van der Waals surface area (Å²) < 4.78 is 5.05. The summed E-state index contributed by atoms with van der Waals surface area (Å²) in [6.07, 6.45) is 1.58. The third-order valence-corrected chi connectivity index (χ3v) is 1.25. The second-order valence-corrected chi connectivity index (χ2v) is 2.08. The minimum atomic E-state index is 0.512. The van der Waals surface area contributed by atoms with Gasteiger partial charge in [0.25, 0.3) is 0 Å². The Hall–Kier alpha value is -1.65. The SMILES string of the molecule is Cn1nnc(-c2ccco2)n1. The maximum absolute atomic E-state index is 5.05. The van der Waals surface area contributed by atoms with E-state index in [4.69, 9.17) is 4.42 Å². The van der Waals surface area contributed by atoms with Crippen LogP contribution in [0.2, 0.25) is 0 Å².